The van der Waals surface area contributed by atoms with Gasteiger partial charge in [-0.05, 0) is 20.0 Å². The summed E-state index contributed by atoms with van der Waals surface area (Å²) in [5, 5.41) is 0.807. The summed E-state index contributed by atoms with van der Waals surface area (Å²) < 4.78 is 16.4. The molecule has 2 aromatic rings. The Morgan fingerprint density at radius 1 is 1.12 bits per heavy atom. The van der Waals surface area contributed by atoms with Crippen LogP contribution in [0.1, 0.15) is 12.5 Å². The van der Waals surface area contributed by atoms with Crippen LogP contribution in [0.3, 0.4) is 0 Å². The highest BCUT2D eigenvalue weighted by atomic mass is 16.5. The summed E-state index contributed by atoms with van der Waals surface area (Å²) in [4.78, 5) is 20.2. The predicted molar refractivity (Wildman–Crippen MR) is 102 cm³/mol. The van der Waals surface area contributed by atoms with Crippen molar-refractivity contribution in [2.45, 2.75) is 19.5 Å². The Labute approximate surface area is 153 Å². The normalized spacial score (nSPS) is 18.9. The predicted octanol–water partition coefficient (Wildman–Crippen LogP) is 1.69. The number of ether oxygens (including phenoxy) is 3. The van der Waals surface area contributed by atoms with Crippen molar-refractivity contribution >= 4 is 10.9 Å². The number of benzene rings is 1. The first kappa shape index (κ1) is 18.5. The summed E-state index contributed by atoms with van der Waals surface area (Å²) in [6, 6.07) is 4.14. The Balaban J connectivity index is 2.02. The molecule has 0 saturated carbocycles. The topological polar surface area (TPSA) is 67.0 Å². The number of aromatic amines is 1. The molecule has 0 amide bonds. The van der Waals surface area contributed by atoms with E-state index in [1.807, 2.05) is 6.07 Å². The fourth-order valence-corrected chi connectivity index (χ4v) is 3.49. The van der Waals surface area contributed by atoms with Gasteiger partial charge in [0, 0.05) is 49.2 Å². The molecule has 1 N–H and O–H groups in total. The fraction of sp³-hybridized carbons (Fsp3) is 0.526. The summed E-state index contributed by atoms with van der Waals surface area (Å²) >= 11 is 0. The number of nitrogens with zero attached hydrogens (tertiary/aromatic N) is 2. The highest BCUT2D eigenvalue weighted by Gasteiger charge is 2.22. The van der Waals surface area contributed by atoms with Gasteiger partial charge >= 0.3 is 0 Å². The number of fused-ring (bicyclic) bond motifs is 1. The molecule has 1 fully saturated rings. The number of methoxy groups -OCH3 is 3. The number of aromatic nitrogens is 1. The van der Waals surface area contributed by atoms with Crippen LogP contribution in [0.5, 0.6) is 17.2 Å². The van der Waals surface area contributed by atoms with Gasteiger partial charge in [0.05, 0.1) is 26.8 Å². The lowest BCUT2D eigenvalue weighted by atomic mass is 10.1. The van der Waals surface area contributed by atoms with E-state index >= 15 is 0 Å². The van der Waals surface area contributed by atoms with Crippen LogP contribution in [-0.4, -0.2) is 68.8 Å². The third-order valence-electron chi connectivity index (χ3n) is 5.16. The maximum atomic E-state index is 12.6. The highest BCUT2D eigenvalue weighted by molar-refractivity contribution is 5.90. The van der Waals surface area contributed by atoms with E-state index in [2.05, 4.69) is 28.8 Å². The van der Waals surface area contributed by atoms with Crippen molar-refractivity contribution in [2.24, 2.45) is 0 Å². The van der Waals surface area contributed by atoms with Gasteiger partial charge in [0.2, 0.25) is 5.75 Å². The maximum absolute atomic E-state index is 12.6. The van der Waals surface area contributed by atoms with Gasteiger partial charge in [-0.3, -0.25) is 9.69 Å². The van der Waals surface area contributed by atoms with Gasteiger partial charge in [-0.2, -0.15) is 0 Å². The zero-order chi connectivity index (χ0) is 18.8. The molecule has 1 saturated heterocycles. The molecule has 26 heavy (non-hydrogen) atoms. The van der Waals surface area contributed by atoms with Gasteiger partial charge in [-0.25, -0.2) is 0 Å². The summed E-state index contributed by atoms with van der Waals surface area (Å²) in [7, 11) is 6.85. The second kappa shape index (κ2) is 7.55. The lowest BCUT2D eigenvalue weighted by molar-refractivity contribution is 0.0997. The van der Waals surface area contributed by atoms with E-state index in [1.165, 1.54) is 0 Å². The quantitative estimate of drug-likeness (QED) is 0.874. The van der Waals surface area contributed by atoms with Crippen LogP contribution in [0.25, 0.3) is 10.9 Å². The van der Waals surface area contributed by atoms with Crippen molar-refractivity contribution < 1.29 is 14.2 Å². The molecule has 1 aromatic carbocycles. The van der Waals surface area contributed by atoms with Crippen LogP contribution < -0.4 is 19.8 Å². The molecule has 1 atom stereocenters. The molecule has 0 bridgehead atoms. The molecule has 0 spiro atoms. The minimum atomic E-state index is -0.0849. The summed E-state index contributed by atoms with van der Waals surface area (Å²) in [5.41, 5.74) is 1.30. The van der Waals surface area contributed by atoms with E-state index in [9.17, 15) is 4.79 Å². The number of likely N-dealkylation sites (N-methyl/N-ethyl adjacent to an activating group) is 1. The van der Waals surface area contributed by atoms with Crippen molar-refractivity contribution in [2.75, 3.05) is 48.0 Å². The number of piperazine rings is 1. The second-order valence-corrected chi connectivity index (χ2v) is 6.80. The third-order valence-corrected chi connectivity index (χ3v) is 5.16. The zero-order valence-corrected chi connectivity index (χ0v) is 16.1. The largest absolute Gasteiger partial charge is 0.493 e. The Morgan fingerprint density at radius 3 is 2.46 bits per heavy atom. The van der Waals surface area contributed by atoms with E-state index in [0.717, 1.165) is 30.6 Å². The van der Waals surface area contributed by atoms with Gasteiger partial charge in [-0.1, -0.05) is 0 Å². The molecule has 142 valence electrons. The van der Waals surface area contributed by atoms with Crippen LogP contribution in [-0.2, 0) is 6.54 Å². The minimum Gasteiger partial charge on any atom is -0.493 e. The van der Waals surface area contributed by atoms with E-state index < -0.39 is 0 Å². The molecule has 1 aliphatic heterocycles. The lowest BCUT2D eigenvalue weighted by Crippen LogP contribution is -2.49. The number of hydrogen-bond donors (Lipinski definition) is 1. The molecule has 2 heterocycles. The summed E-state index contributed by atoms with van der Waals surface area (Å²) in [6.45, 7) is 5.71. The molecule has 0 radical (unpaired) electrons. The lowest BCUT2D eigenvalue weighted by Gasteiger charge is -2.37. The molecular weight excluding hydrogens is 334 g/mol. The van der Waals surface area contributed by atoms with Crippen molar-refractivity contribution in [3.05, 3.63) is 28.0 Å². The SMILES string of the molecule is COc1cc2[nH]c(=O)c(CN3CCN(C)C(C)C3)cc2c(OC)c1OC. The highest BCUT2D eigenvalue weighted by Crippen LogP contribution is 2.42. The Hall–Kier alpha value is -2.25. The maximum Gasteiger partial charge on any atom is 0.252 e. The molecule has 7 nitrogen and oxygen atoms in total. The first-order valence-electron chi connectivity index (χ1n) is 8.76. The van der Waals surface area contributed by atoms with Gasteiger partial charge in [0.15, 0.2) is 11.5 Å². The standard InChI is InChI=1S/C19H27N3O4/c1-12-10-22(7-6-21(12)2)11-13-8-14-15(20-19(13)23)9-16(24-3)18(26-5)17(14)25-4/h8-9,12H,6-7,10-11H2,1-5H3,(H,20,23). The zero-order valence-electron chi connectivity index (χ0n) is 16.1. The average molecular weight is 361 g/mol. The van der Waals surface area contributed by atoms with Gasteiger partial charge in [0.1, 0.15) is 0 Å². The number of pyridine rings is 1. The average Bonchev–Trinajstić information content (AvgIpc) is 2.63. The first-order valence-corrected chi connectivity index (χ1v) is 8.76. The molecule has 1 aromatic heterocycles. The smallest absolute Gasteiger partial charge is 0.252 e. The number of rotatable bonds is 5. The van der Waals surface area contributed by atoms with E-state index in [-0.39, 0.29) is 5.56 Å². The number of nitrogens with one attached hydrogen (secondary N) is 1. The molecule has 0 aliphatic carbocycles. The molecular formula is C19H27N3O4. The number of H-pyrrole nitrogens is 1. The minimum absolute atomic E-state index is 0.0849. The Morgan fingerprint density at radius 2 is 1.85 bits per heavy atom. The van der Waals surface area contributed by atoms with Gasteiger partial charge in [0.25, 0.3) is 5.56 Å². The van der Waals surface area contributed by atoms with Gasteiger partial charge in [-0.15, -0.1) is 0 Å². The van der Waals surface area contributed by atoms with Crippen molar-refractivity contribution in [1.82, 2.24) is 14.8 Å². The Kier molecular flexibility index (Phi) is 5.38. The molecule has 1 unspecified atom stereocenters. The van der Waals surface area contributed by atoms with Crippen LogP contribution in [0, 0.1) is 0 Å². The van der Waals surface area contributed by atoms with Crippen molar-refractivity contribution in [1.29, 1.82) is 0 Å². The van der Waals surface area contributed by atoms with Crippen LogP contribution in [0.2, 0.25) is 0 Å². The third kappa shape index (κ3) is 3.37. The number of hydrogen-bond acceptors (Lipinski definition) is 6. The second-order valence-electron chi connectivity index (χ2n) is 6.80. The van der Waals surface area contributed by atoms with Crippen LogP contribution in [0.15, 0.2) is 16.9 Å². The van der Waals surface area contributed by atoms with Crippen molar-refractivity contribution in [3.63, 3.8) is 0 Å². The molecule has 3 rings (SSSR count). The van der Waals surface area contributed by atoms with E-state index in [4.69, 9.17) is 14.2 Å². The Bertz CT molecular complexity index is 849. The summed E-state index contributed by atoms with van der Waals surface area (Å²) in [6.07, 6.45) is 0. The summed E-state index contributed by atoms with van der Waals surface area (Å²) in [5.74, 6) is 1.60. The molecule has 7 heteroatoms. The fourth-order valence-electron chi connectivity index (χ4n) is 3.49. The molecule has 1 aliphatic rings. The van der Waals surface area contributed by atoms with E-state index in [1.54, 1.807) is 27.4 Å². The van der Waals surface area contributed by atoms with E-state index in [0.29, 0.717) is 35.4 Å². The first-order chi connectivity index (χ1) is 12.5. The monoisotopic (exact) mass is 361 g/mol. The van der Waals surface area contributed by atoms with Crippen molar-refractivity contribution in [3.8, 4) is 17.2 Å². The van der Waals surface area contributed by atoms with Crippen LogP contribution >= 0.6 is 0 Å². The van der Waals surface area contributed by atoms with Gasteiger partial charge < -0.3 is 24.1 Å². The van der Waals surface area contributed by atoms with Crippen LogP contribution in [0.4, 0.5) is 0 Å².